The van der Waals surface area contributed by atoms with Crippen LogP contribution in [0, 0.1) is 3.57 Å². The molecule has 0 spiro atoms. The second-order valence-corrected chi connectivity index (χ2v) is 8.29. The average Bonchev–Trinajstić information content (AvgIpc) is 3.24. The van der Waals surface area contributed by atoms with Gasteiger partial charge in [-0.2, -0.15) is 0 Å². The van der Waals surface area contributed by atoms with Crippen molar-refractivity contribution < 1.29 is 24.2 Å². The number of aromatic hydroxyl groups is 1. The third-order valence-corrected chi connectivity index (χ3v) is 6.00. The number of thioether (sulfide) groups is 1. The summed E-state index contributed by atoms with van der Waals surface area (Å²) in [4.78, 5) is 40.0. The summed E-state index contributed by atoms with van der Waals surface area (Å²) in [5.74, 6) is -0.314. The molecule has 1 N–H and O–H groups in total. The van der Waals surface area contributed by atoms with E-state index in [2.05, 4.69) is 0 Å². The normalized spacial score (nSPS) is 18.7. The second kappa shape index (κ2) is 8.51. The molecule has 0 radical (unpaired) electrons. The minimum absolute atomic E-state index is 0.0407. The number of halogens is 1. The molecule has 0 aliphatic carbocycles. The zero-order valence-corrected chi connectivity index (χ0v) is 17.7. The predicted molar refractivity (Wildman–Crippen MR) is 110 cm³/mol. The summed E-state index contributed by atoms with van der Waals surface area (Å²) in [7, 11) is 0. The lowest BCUT2D eigenvalue weighted by Gasteiger charge is -2.18. The maximum Gasteiger partial charge on any atom is 0.294 e. The molecule has 0 atom stereocenters. The number of ether oxygens (including phenoxy) is 1. The van der Waals surface area contributed by atoms with Crippen molar-refractivity contribution in [2.75, 3.05) is 26.2 Å². The van der Waals surface area contributed by atoms with Crippen molar-refractivity contribution in [3.63, 3.8) is 0 Å². The van der Waals surface area contributed by atoms with Gasteiger partial charge in [-0.05, 0) is 77.9 Å². The van der Waals surface area contributed by atoms with E-state index in [0.29, 0.717) is 34.6 Å². The number of carbonyl (C=O) groups is 3. The smallest absolute Gasteiger partial charge is 0.294 e. The van der Waals surface area contributed by atoms with Crippen LogP contribution in [-0.2, 0) is 9.59 Å². The average molecular weight is 502 g/mol. The SMILES string of the molecule is CCOc1cc(/C=C2/SC(=O)N(CC(=O)N3CCCC3)C2=O)cc(I)c1O. The standard InChI is InChI=1S/C18H19IN2O5S/c1-2-26-13-8-11(7-12(19)16(13)23)9-14-17(24)21(18(25)27-14)10-15(22)20-5-3-4-6-20/h7-9,23H,2-6,10H2,1H3/b14-9+. The topological polar surface area (TPSA) is 87.2 Å². The lowest BCUT2D eigenvalue weighted by atomic mass is 10.2. The third-order valence-electron chi connectivity index (χ3n) is 4.27. The summed E-state index contributed by atoms with van der Waals surface area (Å²) < 4.78 is 5.98. The molecule has 3 rings (SSSR count). The van der Waals surface area contributed by atoms with Crippen LogP contribution in [0.1, 0.15) is 25.3 Å². The van der Waals surface area contributed by atoms with Crippen molar-refractivity contribution >= 4 is 57.5 Å². The summed E-state index contributed by atoms with van der Waals surface area (Å²) in [6.45, 7) is 3.33. The molecule has 2 fully saturated rings. The highest BCUT2D eigenvalue weighted by molar-refractivity contribution is 14.1. The lowest BCUT2D eigenvalue weighted by molar-refractivity contribution is -0.135. The molecule has 2 aliphatic rings. The molecule has 1 aromatic carbocycles. The van der Waals surface area contributed by atoms with Crippen molar-refractivity contribution in [1.82, 2.24) is 9.80 Å². The number of hydrogen-bond acceptors (Lipinski definition) is 6. The van der Waals surface area contributed by atoms with Gasteiger partial charge in [-0.1, -0.05) is 0 Å². The molecule has 9 heteroatoms. The summed E-state index contributed by atoms with van der Waals surface area (Å²) in [6.07, 6.45) is 3.49. The zero-order valence-electron chi connectivity index (χ0n) is 14.7. The Morgan fingerprint density at radius 3 is 2.70 bits per heavy atom. The predicted octanol–water partition coefficient (Wildman–Crippen LogP) is 3.05. The molecule has 0 saturated carbocycles. The molecular formula is C18H19IN2O5S. The molecular weight excluding hydrogens is 483 g/mol. The molecule has 2 heterocycles. The Labute approximate surface area is 174 Å². The number of nitrogens with zero attached hydrogens (tertiary/aromatic N) is 2. The van der Waals surface area contributed by atoms with Gasteiger partial charge in [0.15, 0.2) is 11.5 Å². The summed E-state index contributed by atoms with van der Waals surface area (Å²) in [5.41, 5.74) is 0.636. The number of likely N-dealkylation sites (tertiary alicyclic amines) is 1. The largest absolute Gasteiger partial charge is 0.504 e. The minimum atomic E-state index is -0.474. The first kappa shape index (κ1) is 20.0. The van der Waals surface area contributed by atoms with Crippen molar-refractivity contribution in [2.45, 2.75) is 19.8 Å². The van der Waals surface area contributed by atoms with Crippen molar-refractivity contribution in [2.24, 2.45) is 0 Å². The van der Waals surface area contributed by atoms with Gasteiger partial charge in [0, 0.05) is 13.1 Å². The number of hydrogen-bond donors (Lipinski definition) is 1. The van der Waals surface area contributed by atoms with E-state index in [0.717, 1.165) is 29.5 Å². The van der Waals surface area contributed by atoms with E-state index >= 15 is 0 Å². The fourth-order valence-corrected chi connectivity index (χ4v) is 4.40. The zero-order chi connectivity index (χ0) is 19.6. The van der Waals surface area contributed by atoms with Gasteiger partial charge in [-0.15, -0.1) is 0 Å². The highest BCUT2D eigenvalue weighted by Crippen LogP contribution is 2.36. The molecule has 27 heavy (non-hydrogen) atoms. The number of amides is 3. The Balaban J connectivity index is 1.78. The van der Waals surface area contributed by atoms with Gasteiger partial charge in [0.1, 0.15) is 6.54 Å². The van der Waals surface area contributed by atoms with Crippen LogP contribution < -0.4 is 4.74 Å². The lowest BCUT2D eigenvalue weighted by Crippen LogP contribution is -2.40. The van der Waals surface area contributed by atoms with Crippen LogP contribution in [0.4, 0.5) is 4.79 Å². The fraction of sp³-hybridized carbons (Fsp3) is 0.389. The third kappa shape index (κ3) is 4.40. The maximum absolute atomic E-state index is 12.6. The number of rotatable bonds is 5. The number of carbonyl (C=O) groups excluding carboxylic acids is 3. The summed E-state index contributed by atoms with van der Waals surface area (Å²) in [6, 6.07) is 3.31. The number of phenols is 1. The van der Waals surface area contributed by atoms with E-state index in [-0.39, 0.29) is 23.1 Å². The summed E-state index contributed by atoms with van der Waals surface area (Å²) >= 11 is 2.79. The van der Waals surface area contributed by atoms with Crippen LogP contribution in [-0.4, -0.2) is 58.2 Å². The van der Waals surface area contributed by atoms with Crippen LogP contribution in [0.3, 0.4) is 0 Å². The van der Waals surface area contributed by atoms with E-state index in [1.165, 1.54) is 0 Å². The van der Waals surface area contributed by atoms with Gasteiger partial charge in [-0.25, -0.2) is 0 Å². The molecule has 3 amide bonds. The number of imide groups is 1. The van der Waals surface area contributed by atoms with Gasteiger partial charge < -0.3 is 14.7 Å². The molecule has 2 saturated heterocycles. The van der Waals surface area contributed by atoms with Crippen LogP contribution in [0.25, 0.3) is 6.08 Å². The van der Waals surface area contributed by atoms with Gasteiger partial charge in [0.2, 0.25) is 5.91 Å². The van der Waals surface area contributed by atoms with Crippen molar-refractivity contribution in [1.29, 1.82) is 0 Å². The van der Waals surface area contributed by atoms with Crippen LogP contribution in [0.2, 0.25) is 0 Å². The Kier molecular flexibility index (Phi) is 6.30. The molecule has 2 aliphatic heterocycles. The maximum atomic E-state index is 12.6. The quantitative estimate of drug-likeness (QED) is 0.492. The summed E-state index contributed by atoms with van der Waals surface area (Å²) in [5, 5.41) is 9.58. The molecule has 1 aromatic rings. The van der Waals surface area contributed by atoms with Gasteiger partial charge in [-0.3, -0.25) is 19.3 Å². The van der Waals surface area contributed by atoms with Gasteiger partial charge >= 0.3 is 0 Å². The highest BCUT2D eigenvalue weighted by atomic mass is 127. The van der Waals surface area contributed by atoms with E-state index < -0.39 is 11.1 Å². The first-order valence-electron chi connectivity index (χ1n) is 8.59. The molecule has 0 unspecified atom stereocenters. The highest BCUT2D eigenvalue weighted by Gasteiger charge is 2.37. The van der Waals surface area contributed by atoms with Crippen LogP contribution >= 0.6 is 34.4 Å². The molecule has 7 nitrogen and oxygen atoms in total. The van der Waals surface area contributed by atoms with E-state index in [4.69, 9.17) is 4.74 Å². The van der Waals surface area contributed by atoms with Crippen molar-refractivity contribution in [3.05, 3.63) is 26.2 Å². The minimum Gasteiger partial charge on any atom is -0.504 e. The monoisotopic (exact) mass is 502 g/mol. The van der Waals surface area contributed by atoms with E-state index in [9.17, 15) is 19.5 Å². The Morgan fingerprint density at radius 1 is 1.33 bits per heavy atom. The number of benzene rings is 1. The van der Waals surface area contributed by atoms with Gasteiger partial charge in [0.25, 0.3) is 11.1 Å². The van der Waals surface area contributed by atoms with Gasteiger partial charge in [0.05, 0.1) is 15.1 Å². The van der Waals surface area contributed by atoms with Crippen molar-refractivity contribution in [3.8, 4) is 11.5 Å². The molecule has 0 aromatic heterocycles. The molecule has 0 bridgehead atoms. The number of phenolic OH excluding ortho intramolecular Hbond substituents is 1. The van der Waals surface area contributed by atoms with E-state index in [1.54, 1.807) is 23.1 Å². The van der Waals surface area contributed by atoms with Crippen LogP contribution in [0.5, 0.6) is 11.5 Å². The Hall–Kier alpha value is -1.75. The first-order chi connectivity index (χ1) is 12.9. The fourth-order valence-electron chi connectivity index (χ4n) is 2.93. The first-order valence-corrected chi connectivity index (χ1v) is 10.5. The van der Waals surface area contributed by atoms with Crippen LogP contribution in [0.15, 0.2) is 17.0 Å². The molecule has 144 valence electrons. The second-order valence-electron chi connectivity index (χ2n) is 6.14. The van der Waals surface area contributed by atoms with E-state index in [1.807, 2.05) is 29.5 Å². The Bertz CT molecular complexity index is 820. The Morgan fingerprint density at radius 2 is 2.04 bits per heavy atom.